The normalized spacial score (nSPS) is 23.1. The zero-order valence-electron chi connectivity index (χ0n) is 10.0. The van der Waals surface area contributed by atoms with Crippen LogP contribution in [0.4, 0.5) is 0 Å². The molecule has 16 heavy (non-hydrogen) atoms. The molecule has 2 N–H and O–H groups in total. The number of nitrogens with one attached hydrogen (secondary N) is 2. The second-order valence-electron chi connectivity index (χ2n) is 4.93. The summed E-state index contributed by atoms with van der Waals surface area (Å²) in [5.41, 5.74) is 0. The molecule has 0 unspecified atom stereocenters. The molecule has 4 heteroatoms. The highest BCUT2D eigenvalue weighted by Crippen LogP contribution is 2.22. The second kappa shape index (κ2) is 6.40. The first-order chi connectivity index (χ1) is 7.86. The first kappa shape index (κ1) is 12.1. The van der Waals surface area contributed by atoms with Gasteiger partial charge < -0.3 is 15.5 Å². The minimum Gasteiger partial charge on any atom is -0.362 e. The molecule has 0 spiro atoms. The molecule has 1 heterocycles. The monoisotopic (exact) mass is 241 g/mol. The second-order valence-corrected chi connectivity index (χ2v) is 5.31. The van der Waals surface area contributed by atoms with E-state index in [9.17, 15) is 0 Å². The van der Waals surface area contributed by atoms with Gasteiger partial charge in [-0.2, -0.15) is 0 Å². The van der Waals surface area contributed by atoms with Gasteiger partial charge in [0.2, 0.25) is 0 Å². The van der Waals surface area contributed by atoms with Gasteiger partial charge in [0.1, 0.15) is 0 Å². The van der Waals surface area contributed by atoms with Crippen LogP contribution in [0.2, 0.25) is 0 Å². The first-order valence-electron chi connectivity index (χ1n) is 6.60. The van der Waals surface area contributed by atoms with Crippen molar-refractivity contribution in [3.63, 3.8) is 0 Å². The highest BCUT2D eigenvalue weighted by atomic mass is 32.1. The number of hydrogen-bond acceptors (Lipinski definition) is 2. The molecule has 1 aliphatic heterocycles. The highest BCUT2D eigenvalue weighted by molar-refractivity contribution is 7.80. The Labute approximate surface area is 104 Å². The van der Waals surface area contributed by atoms with Crippen molar-refractivity contribution in [2.75, 3.05) is 32.7 Å². The van der Waals surface area contributed by atoms with Crippen LogP contribution in [0.15, 0.2) is 0 Å². The molecule has 1 aliphatic carbocycles. The van der Waals surface area contributed by atoms with Crippen molar-refractivity contribution in [2.45, 2.75) is 32.1 Å². The fourth-order valence-corrected chi connectivity index (χ4v) is 2.87. The third kappa shape index (κ3) is 3.59. The summed E-state index contributed by atoms with van der Waals surface area (Å²) in [6.07, 6.45) is 7.02. The van der Waals surface area contributed by atoms with Crippen LogP contribution >= 0.6 is 12.2 Å². The molecule has 0 amide bonds. The van der Waals surface area contributed by atoms with E-state index in [0.29, 0.717) is 0 Å². The Bertz CT molecular complexity index is 220. The summed E-state index contributed by atoms with van der Waals surface area (Å²) in [6.45, 7) is 5.31. The lowest BCUT2D eigenvalue weighted by atomic mass is 9.89. The van der Waals surface area contributed by atoms with Gasteiger partial charge in [0.25, 0.3) is 0 Å². The minimum atomic E-state index is 0.856. The summed E-state index contributed by atoms with van der Waals surface area (Å²) in [6, 6.07) is 0. The first-order valence-corrected chi connectivity index (χ1v) is 7.00. The van der Waals surface area contributed by atoms with Crippen molar-refractivity contribution >= 4 is 17.3 Å². The third-order valence-corrected chi connectivity index (χ3v) is 4.07. The Kier molecular flexibility index (Phi) is 4.85. The zero-order valence-corrected chi connectivity index (χ0v) is 10.8. The number of nitrogens with zero attached hydrogens (tertiary/aromatic N) is 1. The lowest BCUT2D eigenvalue weighted by molar-refractivity contribution is 0.332. The molecule has 92 valence electrons. The molecule has 0 bridgehead atoms. The van der Waals surface area contributed by atoms with E-state index in [1.165, 1.54) is 32.1 Å². The van der Waals surface area contributed by atoms with Gasteiger partial charge in [-0.05, 0) is 31.0 Å². The summed E-state index contributed by atoms with van der Waals surface area (Å²) < 4.78 is 0. The zero-order chi connectivity index (χ0) is 11.2. The van der Waals surface area contributed by atoms with E-state index >= 15 is 0 Å². The standard InChI is InChI=1S/C12H23N3S/c16-12(15-8-6-13-7-9-15)14-10-11-4-2-1-3-5-11/h11,13H,1-10H2,(H,14,16). The Hall–Kier alpha value is -0.350. The van der Waals surface area contributed by atoms with Gasteiger partial charge in [-0.3, -0.25) is 0 Å². The molecule has 3 nitrogen and oxygen atoms in total. The molecule has 2 aliphatic rings. The Morgan fingerprint density at radius 3 is 2.56 bits per heavy atom. The van der Waals surface area contributed by atoms with Gasteiger partial charge in [-0.1, -0.05) is 19.3 Å². The summed E-state index contributed by atoms with van der Waals surface area (Å²) in [5, 5.41) is 7.76. The maximum Gasteiger partial charge on any atom is 0.169 e. The fraction of sp³-hybridized carbons (Fsp3) is 0.917. The van der Waals surface area contributed by atoms with E-state index in [4.69, 9.17) is 12.2 Å². The van der Waals surface area contributed by atoms with Gasteiger partial charge in [-0.25, -0.2) is 0 Å². The van der Waals surface area contributed by atoms with E-state index in [1.807, 2.05) is 0 Å². The molecule has 0 aromatic heterocycles. The predicted molar refractivity (Wildman–Crippen MR) is 71.6 cm³/mol. The van der Waals surface area contributed by atoms with Gasteiger partial charge >= 0.3 is 0 Å². The Balaban J connectivity index is 1.65. The molecule has 0 atom stereocenters. The topological polar surface area (TPSA) is 27.3 Å². The average molecular weight is 241 g/mol. The van der Waals surface area contributed by atoms with Gasteiger partial charge in [0, 0.05) is 32.7 Å². The number of piperazine rings is 1. The van der Waals surface area contributed by atoms with Crippen LogP contribution in [0.1, 0.15) is 32.1 Å². The predicted octanol–water partition coefficient (Wildman–Crippen LogP) is 1.35. The Morgan fingerprint density at radius 1 is 1.19 bits per heavy atom. The number of thiocarbonyl (C=S) groups is 1. The molecule has 0 radical (unpaired) electrons. The van der Waals surface area contributed by atoms with Crippen molar-refractivity contribution < 1.29 is 0 Å². The van der Waals surface area contributed by atoms with E-state index in [1.54, 1.807) is 0 Å². The van der Waals surface area contributed by atoms with Crippen molar-refractivity contribution in [3.8, 4) is 0 Å². The van der Waals surface area contributed by atoms with Crippen molar-refractivity contribution in [1.82, 2.24) is 15.5 Å². The number of rotatable bonds is 2. The molecule has 2 rings (SSSR count). The quantitative estimate of drug-likeness (QED) is 0.714. The van der Waals surface area contributed by atoms with Crippen molar-refractivity contribution in [3.05, 3.63) is 0 Å². The van der Waals surface area contributed by atoms with Gasteiger partial charge in [0.15, 0.2) is 5.11 Å². The largest absolute Gasteiger partial charge is 0.362 e. The van der Waals surface area contributed by atoms with Crippen LogP contribution in [0.25, 0.3) is 0 Å². The van der Waals surface area contributed by atoms with Crippen LogP contribution in [0.5, 0.6) is 0 Å². The Morgan fingerprint density at radius 2 is 1.88 bits per heavy atom. The molecule has 1 saturated heterocycles. The lowest BCUT2D eigenvalue weighted by Gasteiger charge is -2.31. The molecule has 0 aromatic rings. The SMILES string of the molecule is S=C(NCC1CCCCC1)N1CCNCC1. The van der Waals surface area contributed by atoms with E-state index in [-0.39, 0.29) is 0 Å². The van der Waals surface area contributed by atoms with Crippen molar-refractivity contribution in [1.29, 1.82) is 0 Å². The molecule has 2 fully saturated rings. The molecular weight excluding hydrogens is 218 g/mol. The maximum atomic E-state index is 5.43. The summed E-state index contributed by atoms with van der Waals surface area (Å²) in [7, 11) is 0. The van der Waals surface area contributed by atoms with Crippen LogP contribution in [0, 0.1) is 5.92 Å². The van der Waals surface area contributed by atoms with Crippen LogP contribution < -0.4 is 10.6 Å². The molecular formula is C12H23N3S. The summed E-state index contributed by atoms with van der Waals surface area (Å²) in [5.74, 6) is 0.856. The van der Waals surface area contributed by atoms with Gasteiger partial charge in [-0.15, -0.1) is 0 Å². The van der Waals surface area contributed by atoms with Gasteiger partial charge in [0.05, 0.1) is 0 Å². The van der Waals surface area contributed by atoms with E-state index in [0.717, 1.165) is 43.8 Å². The molecule has 1 saturated carbocycles. The molecule has 0 aromatic carbocycles. The van der Waals surface area contributed by atoms with E-state index in [2.05, 4.69) is 15.5 Å². The third-order valence-electron chi connectivity index (χ3n) is 3.67. The minimum absolute atomic E-state index is 0.856. The van der Waals surface area contributed by atoms with Crippen LogP contribution in [-0.2, 0) is 0 Å². The highest BCUT2D eigenvalue weighted by Gasteiger charge is 2.16. The lowest BCUT2D eigenvalue weighted by Crippen LogP contribution is -2.50. The number of hydrogen-bond donors (Lipinski definition) is 2. The van der Waals surface area contributed by atoms with E-state index < -0.39 is 0 Å². The summed E-state index contributed by atoms with van der Waals surface area (Å²) >= 11 is 5.43. The van der Waals surface area contributed by atoms with Crippen LogP contribution in [0.3, 0.4) is 0 Å². The van der Waals surface area contributed by atoms with Crippen LogP contribution in [-0.4, -0.2) is 42.7 Å². The fourth-order valence-electron chi connectivity index (χ4n) is 2.60. The smallest absolute Gasteiger partial charge is 0.169 e. The average Bonchev–Trinajstić information content (AvgIpc) is 2.38. The maximum absolute atomic E-state index is 5.43. The van der Waals surface area contributed by atoms with Crippen molar-refractivity contribution in [2.24, 2.45) is 5.92 Å². The summed E-state index contributed by atoms with van der Waals surface area (Å²) in [4.78, 5) is 2.29.